The maximum Gasteiger partial charge on any atom is 0.0109 e. The zero-order valence-electron chi connectivity index (χ0n) is 9.41. The van der Waals surface area contributed by atoms with Crippen molar-refractivity contribution in [3.63, 3.8) is 0 Å². The van der Waals surface area contributed by atoms with Crippen LogP contribution < -0.4 is 0 Å². The lowest BCUT2D eigenvalue weighted by Gasteiger charge is -2.19. The number of hydrogen-bond acceptors (Lipinski definition) is 3. The van der Waals surface area contributed by atoms with E-state index in [1.165, 1.54) is 58.4 Å². The monoisotopic (exact) mass is 216 g/mol. The predicted molar refractivity (Wildman–Crippen MR) is 66.3 cm³/mol. The van der Waals surface area contributed by atoms with Crippen molar-refractivity contribution in [3.05, 3.63) is 0 Å². The highest BCUT2D eigenvalue weighted by atomic mass is 32.1. The van der Waals surface area contributed by atoms with E-state index in [9.17, 15) is 0 Å². The van der Waals surface area contributed by atoms with Crippen molar-refractivity contribution in [2.24, 2.45) is 0 Å². The fraction of sp³-hybridized carbons (Fsp3) is 1.00. The summed E-state index contributed by atoms with van der Waals surface area (Å²) in [6.45, 7) is 6.36. The smallest absolute Gasteiger partial charge is 0.0109 e. The Hall–Kier alpha value is 0.270. The Morgan fingerprint density at radius 3 is 2.64 bits per heavy atom. The molecule has 0 unspecified atom stereocenters. The SMILES string of the molecule is CN1CCCN(CCCCCS)CC1. The Kier molecular flexibility index (Phi) is 6.65. The average Bonchev–Trinajstić information content (AvgIpc) is 2.38. The molecule has 0 amide bonds. The van der Waals surface area contributed by atoms with Gasteiger partial charge in [-0.2, -0.15) is 12.6 Å². The van der Waals surface area contributed by atoms with E-state index in [4.69, 9.17) is 0 Å². The Labute approximate surface area is 94.1 Å². The Morgan fingerprint density at radius 2 is 1.86 bits per heavy atom. The average molecular weight is 216 g/mol. The molecular formula is C11H24N2S. The molecule has 0 atom stereocenters. The molecule has 3 heteroatoms. The quantitative estimate of drug-likeness (QED) is 0.552. The molecule has 0 radical (unpaired) electrons. The molecule has 0 spiro atoms. The van der Waals surface area contributed by atoms with Gasteiger partial charge in [0.05, 0.1) is 0 Å². The molecular weight excluding hydrogens is 192 g/mol. The number of hydrogen-bond donors (Lipinski definition) is 1. The first-order valence-electron chi connectivity index (χ1n) is 5.84. The van der Waals surface area contributed by atoms with E-state index in [-0.39, 0.29) is 0 Å². The highest BCUT2D eigenvalue weighted by Gasteiger charge is 2.10. The topological polar surface area (TPSA) is 6.48 Å². The normalized spacial score (nSPS) is 21.0. The summed E-state index contributed by atoms with van der Waals surface area (Å²) in [6, 6.07) is 0. The van der Waals surface area contributed by atoms with E-state index in [2.05, 4.69) is 29.5 Å². The van der Waals surface area contributed by atoms with Crippen LogP contribution in [0.25, 0.3) is 0 Å². The molecule has 0 aromatic carbocycles. The van der Waals surface area contributed by atoms with E-state index >= 15 is 0 Å². The maximum atomic E-state index is 4.23. The molecule has 1 aliphatic rings. The number of unbranched alkanes of at least 4 members (excludes halogenated alkanes) is 2. The lowest BCUT2D eigenvalue weighted by Crippen LogP contribution is -2.29. The van der Waals surface area contributed by atoms with Crippen molar-refractivity contribution in [3.8, 4) is 0 Å². The molecule has 0 saturated carbocycles. The van der Waals surface area contributed by atoms with Gasteiger partial charge in [-0.3, -0.25) is 0 Å². The fourth-order valence-corrected chi connectivity index (χ4v) is 2.17. The highest BCUT2D eigenvalue weighted by molar-refractivity contribution is 7.80. The first-order valence-corrected chi connectivity index (χ1v) is 6.48. The molecule has 1 aliphatic heterocycles. The summed E-state index contributed by atoms with van der Waals surface area (Å²) in [7, 11) is 2.23. The first-order chi connectivity index (χ1) is 6.83. The molecule has 14 heavy (non-hydrogen) atoms. The number of likely N-dealkylation sites (N-methyl/N-ethyl adjacent to an activating group) is 1. The summed E-state index contributed by atoms with van der Waals surface area (Å²) < 4.78 is 0. The third kappa shape index (κ3) is 5.23. The van der Waals surface area contributed by atoms with Gasteiger partial charge in [-0.25, -0.2) is 0 Å². The van der Waals surface area contributed by atoms with Crippen LogP contribution in [0.5, 0.6) is 0 Å². The molecule has 0 N–H and O–H groups in total. The van der Waals surface area contributed by atoms with Gasteiger partial charge in [0.1, 0.15) is 0 Å². The van der Waals surface area contributed by atoms with Crippen molar-refractivity contribution in [1.29, 1.82) is 0 Å². The Balaban J connectivity index is 2.05. The third-order valence-electron chi connectivity index (χ3n) is 2.94. The summed E-state index contributed by atoms with van der Waals surface area (Å²) in [5.41, 5.74) is 0. The zero-order valence-corrected chi connectivity index (χ0v) is 10.3. The van der Waals surface area contributed by atoms with Gasteiger partial charge in [-0.05, 0) is 51.7 Å². The molecule has 1 rings (SSSR count). The molecule has 0 bridgehead atoms. The van der Waals surface area contributed by atoms with Crippen molar-refractivity contribution >= 4 is 12.6 Å². The van der Waals surface area contributed by atoms with E-state index in [0.29, 0.717) is 0 Å². The van der Waals surface area contributed by atoms with Gasteiger partial charge in [0.15, 0.2) is 0 Å². The van der Waals surface area contributed by atoms with Crippen molar-refractivity contribution in [2.75, 3.05) is 45.5 Å². The maximum absolute atomic E-state index is 4.23. The Bertz CT molecular complexity index is 141. The summed E-state index contributed by atoms with van der Waals surface area (Å²) in [5.74, 6) is 1.04. The van der Waals surface area contributed by atoms with E-state index < -0.39 is 0 Å². The summed E-state index contributed by atoms with van der Waals surface area (Å²) >= 11 is 4.23. The lowest BCUT2D eigenvalue weighted by atomic mass is 10.2. The van der Waals surface area contributed by atoms with Gasteiger partial charge < -0.3 is 9.80 Å². The van der Waals surface area contributed by atoms with E-state index in [0.717, 1.165) is 5.75 Å². The molecule has 0 aromatic heterocycles. The van der Waals surface area contributed by atoms with Crippen LogP contribution in [0.2, 0.25) is 0 Å². The number of nitrogens with zero attached hydrogens (tertiary/aromatic N) is 2. The van der Waals surface area contributed by atoms with Gasteiger partial charge in [0, 0.05) is 13.1 Å². The van der Waals surface area contributed by atoms with Crippen LogP contribution in [-0.4, -0.2) is 55.3 Å². The van der Waals surface area contributed by atoms with Crippen LogP contribution in [0.4, 0.5) is 0 Å². The molecule has 1 heterocycles. The molecule has 0 aromatic rings. The van der Waals surface area contributed by atoms with Crippen molar-refractivity contribution < 1.29 is 0 Å². The van der Waals surface area contributed by atoms with Gasteiger partial charge in [0.2, 0.25) is 0 Å². The Morgan fingerprint density at radius 1 is 1.00 bits per heavy atom. The van der Waals surface area contributed by atoms with Crippen LogP contribution in [-0.2, 0) is 0 Å². The number of rotatable bonds is 5. The minimum Gasteiger partial charge on any atom is -0.305 e. The summed E-state index contributed by atoms with van der Waals surface area (Å²) in [4.78, 5) is 5.05. The van der Waals surface area contributed by atoms with Crippen LogP contribution in [0.1, 0.15) is 25.7 Å². The molecule has 1 fully saturated rings. The molecule has 2 nitrogen and oxygen atoms in total. The first kappa shape index (κ1) is 12.3. The highest BCUT2D eigenvalue weighted by Crippen LogP contribution is 2.04. The van der Waals surface area contributed by atoms with Gasteiger partial charge in [-0.1, -0.05) is 6.42 Å². The molecule has 1 saturated heterocycles. The van der Waals surface area contributed by atoms with Crippen LogP contribution >= 0.6 is 12.6 Å². The summed E-state index contributed by atoms with van der Waals surface area (Å²) in [6.07, 6.45) is 5.31. The second kappa shape index (κ2) is 7.55. The minimum atomic E-state index is 1.04. The summed E-state index contributed by atoms with van der Waals surface area (Å²) in [5, 5.41) is 0. The second-order valence-corrected chi connectivity index (χ2v) is 4.73. The second-order valence-electron chi connectivity index (χ2n) is 4.28. The van der Waals surface area contributed by atoms with Gasteiger partial charge >= 0.3 is 0 Å². The predicted octanol–water partition coefficient (Wildman–Crippen LogP) is 1.72. The van der Waals surface area contributed by atoms with E-state index in [1.54, 1.807) is 0 Å². The third-order valence-corrected chi connectivity index (χ3v) is 3.26. The van der Waals surface area contributed by atoms with Crippen LogP contribution in [0.15, 0.2) is 0 Å². The van der Waals surface area contributed by atoms with Gasteiger partial charge in [0.25, 0.3) is 0 Å². The van der Waals surface area contributed by atoms with Gasteiger partial charge in [-0.15, -0.1) is 0 Å². The fourth-order valence-electron chi connectivity index (χ4n) is 1.95. The number of thiol groups is 1. The van der Waals surface area contributed by atoms with Crippen LogP contribution in [0.3, 0.4) is 0 Å². The molecule has 84 valence electrons. The zero-order chi connectivity index (χ0) is 10.2. The lowest BCUT2D eigenvalue weighted by molar-refractivity contribution is 0.271. The minimum absolute atomic E-state index is 1.04. The van der Waals surface area contributed by atoms with Crippen molar-refractivity contribution in [2.45, 2.75) is 25.7 Å². The van der Waals surface area contributed by atoms with Crippen molar-refractivity contribution in [1.82, 2.24) is 9.80 Å². The standard InChI is InChI=1S/C11H24N2S/c1-12-6-5-8-13(10-9-12)7-3-2-4-11-14/h14H,2-11H2,1H3. The van der Waals surface area contributed by atoms with E-state index in [1.807, 2.05) is 0 Å². The largest absolute Gasteiger partial charge is 0.305 e. The van der Waals surface area contributed by atoms with Crippen LogP contribution in [0, 0.1) is 0 Å². The molecule has 0 aliphatic carbocycles.